The molecule has 0 heterocycles. The first-order chi connectivity index (χ1) is 9.77. The van der Waals surface area contributed by atoms with E-state index in [4.69, 9.17) is 11.5 Å². The number of primary amides is 1. The van der Waals surface area contributed by atoms with Gasteiger partial charge in [0, 0.05) is 11.1 Å². The summed E-state index contributed by atoms with van der Waals surface area (Å²) in [6.07, 6.45) is 1.08. The Kier molecular flexibility index (Phi) is 5.90. The highest BCUT2D eigenvalue weighted by Gasteiger charge is 2.18. The molecule has 5 heteroatoms. The third-order valence-corrected chi connectivity index (χ3v) is 3.20. The van der Waals surface area contributed by atoms with Crippen LogP contribution in [0.3, 0.4) is 0 Å². The van der Waals surface area contributed by atoms with Crippen molar-refractivity contribution in [3.05, 3.63) is 29.8 Å². The predicted octanol–water partition coefficient (Wildman–Crippen LogP) is 2.25. The molecule has 0 radical (unpaired) electrons. The first-order valence-corrected chi connectivity index (χ1v) is 7.20. The van der Waals surface area contributed by atoms with Crippen LogP contribution in [0.1, 0.15) is 39.7 Å². The van der Waals surface area contributed by atoms with Crippen molar-refractivity contribution in [3.63, 3.8) is 0 Å². The van der Waals surface area contributed by atoms with Crippen LogP contribution in [0.5, 0.6) is 0 Å². The average Bonchev–Trinajstić information content (AvgIpc) is 2.38. The van der Waals surface area contributed by atoms with Gasteiger partial charge >= 0.3 is 0 Å². The number of rotatable bonds is 6. The monoisotopic (exact) mass is 290 g/mol. The maximum atomic E-state index is 11.0. The quantitative estimate of drug-likeness (QED) is 0.479. The Morgan fingerprint density at radius 3 is 2.48 bits per heavy atom. The van der Waals surface area contributed by atoms with Gasteiger partial charge < -0.3 is 11.5 Å². The highest BCUT2D eigenvalue weighted by Crippen LogP contribution is 2.22. The van der Waals surface area contributed by atoms with Crippen molar-refractivity contribution in [1.29, 1.82) is 0 Å². The van der Waals surface area contributed by atoms with Gasteiger partial charge in [-0.2, -0.15) is 5.10 Å². The van der Waals surface area contributed by atoms with E-state index in [0.29, 0.717) is 0 Å². The summed E-state index contributed by atoms with van der Waals surface area (Å²) in [7, 11) is 0. The van der Waals surface area contributed by atoms with Crippen molar-refractivity contribution >= 4 is 17.3 Å². The fourth-order valence-electron chi connectivity index (χ4n) is 2.13. The first kappa shape index (κ1) is 17.2. The summed E-state index contributed by atoms with van der Waals surface area (Å²) in [4.78, 5) is 11.0. The maximum absolute atomic E-state index is 11.0. The van der Waals surface area contributed by atoms with E-state index < -0.39 is 0 Å². The van der Waals surface area contributed by atoms with E-state index in [2.05, 4.69) is 32.8 Å². The molecule has 0 fully saturated rings. The Hall–Kier alpha value is -1.88. The number of carbonyl (C=O) groups is 1. The number of benzene rings is 1. The van der Waals surface area contributed by atoms with Crippen LogP contribution in [0.25, 0.3) is 0 Å². The normalized spacial score (nSPS) is 12.3. The van der Waals surface area contributed by atoms with Crippen LogP contribution in [-0.2, 0) is 11.2 Å². The molecule has 5 nitrogen and oxygen atoms in total. The maximum Gasteiger partial charge on any atom is 0.221 e. The minimum atomic E-state index is -0.348. The summed E-state index contributed by atoms with van der Waals surface area (Å²) in [5, 5.41) is 6.44. The largest absolute Gasteiger partial charge is 0.369 e. The number of hydrazone groups is 1. The van der Waals surface area contributed by atoms with Crippen LogP contribution >= 0.6 is 0 Å². The standard InChI is InChI=1S/C16H26N4O/c1-5-14(16(2,3)4)19-20(11-17)13-8-6-7-12(9-13)10-15(18)21/h6-9H,5,10-11,17H2,1-4H3,(H2,18,21)/b19-14+. The molecule has 0 aromatic heterocycles. The highest BCUT2D eigenvalue weighted by molar-refractivity contribution is 5.89. The summed E-state index contributed by atoms with van der Waals surface area (Å²) in [6.45, 7) is 8.76. The van der Waals surface area contributed by atoms with Gasteiger partial charge in [0.25, 0.3) is 0 Å². The van der Waals surface area contributed by atoms with Crippen LogP contribution in [0.2, 0.25) is 0 Å². The molecule has 0 spiro atoms. The van der Waals surface area contributed by atoms with Crippen molar-refractivity contribution in [2.45, 2.75) is 40.5 Å². The van der Waals surface area contributed by atoms with Gasteiger partial charge in [-0.1, -0.05) is 39.8 Å². The van der Waals surface area contributed by atoms with Crippen LogP contribution in [0.4, 0.5) is 5.69 Å². The van der Waals surface area contributed by atoms with E-state index >= 15 is 0 Å². The second kappa shape index (κ2) is 7.22. The zero-order valence-corrected chi connectivity index (χ0v) is 13.4. The Bertz CT molecular complexity index is 517. The van der Waals surface area contributed by atoms with E-state index in [1.807, 2.05) is 24.3 Å². The molecule has 0 aliphatic heterocycles. The zero-order valence-electron chi connectivity index (χ0n) is 13.4. The molecule has 1 amide bonds. The molecule has 0 saturated carbocycles. The van der Waals surface area contributed by atoms with Gasteiger partial charge in [0.15, 0.2) is 0 Å². The molecular weight excluding hydrogens is 264 g/mol. The Morgan fingerprint density at radius 1 is 1.33 bits per heavy atom. The molecule has 0 unspecified atom stereocenters. The van der Waals surface area contributed by atoms with Gasteiger partial charge in [-0.15, -0.1) is 0 Å². The molecule has 1 aromatic carbocycles. The summed E-state index contributed by atoms with van der Waals surface area (Å²) < 4.78 is 0. The van der Waals surface area contributed by atoms with E-state index in [1.54, 1.807) is 5.01 Å². The first-order valence-electron chi connectivity index (χ1n) is 7.20. The number of anilines is 1. The summed E-state index contributed by atoms with van der Waals surface area (Å²) in [5.41, 5.74) is 13.9. The molecule has 0 atom stereocenters. The molecule has 21 heavy (non-hydrogen) atoms. The summed E-state index contributed by atoms with van der Waals surface area (Å²) >= 11 is 0. The lowest BCUT2D eigenvalue weighted by Crippen LogP contribution is -2.30. The van der Waals surface area contributed by atoms with Crippen molar-refractivity contribution < 1.29 is 4.79 Å². The van der Waals surface area contributed by atoms with Crippen molar-refractivity contribution in [2.75, 3.05) is 11.7 Å². The second-order valence-electron chi connectivity index (χ2n) is 6.05. The summed E-state index contributed by atoms with van der Waals surface area (Å²) in [6, 6.07) is 7.58. The third kappa shape index (κ3) is 5.19. The van der Waals surface area contributed by atoms with Crippen molar-refractivity contribution in [3.8, 4) is 0 Å². The fraction of sp³-hybridized carbons (Fsp3) is 0.500. The Morgan fingerprint density at radius 2 is 2.00 bits per heavy atom. The lowest BCUT2D eigenvalue weighted by molar-refractivity contribution is -0.117. The van der Waals surface area contributed by atoms with Gasteiger partial charge in [-0.05, 0) is 24.1 Å². The minimum absolute atomic E-state index is 0.00694. The average molecular weight is 290 g/mol. The van der Waals surface area contributed by atoms with Gasteiger partial charge in [0.05, 0.1) is 18.8 Å². The molecule has 0 aliphatic carbocycles. The van der Waals surface area contributed by atoms with Gasteiger partial charge in [0.1, 0.15) is 0 Å². The predicted molar refractivity (Wildman–Crippen MR) is 88.1 cm³/mol. The van der Waals surface area contributed by atoms with Crippen molar-refractivity contribution in [2.24, 2.45) is 22.0 Å². The van der Waals surface area contributed by atoms with E-state index in [-0.39, 0.29) is 24.4 Å². The van der Waals surface area contributed by atoms with Crippen molar-refractivity contribution in [1.82, 2.24) is 0 Å². The molecule has 4 N–H and O–H groups in total. The topological polar surface area (TPSA) is 84.7 Å². The Labute approximate surface area is 127 Å². The number of amides is 1. The molecule has 1 rings (SSSR count). The number of nitrogens with zero attached hydrogens (tertiary/aromatic N) is 2. The molecular formula is C16H26N4O. The Balaban J connectivity index is 3.10. The minimum Gasteiger partial charge on any atom is -0.369 e. The van der Waals surface area contributed by atoms with Gasteiger partial charge in [-0.25, -0.2) is 0 Å². The van der Waals surface area contributed by atoms with Gasteiger partial charge in [0.2, 0.25) is 5.91 Å². The zero-order chi connectivity index (χ0) is 16.0. The third-order valence-electron chi connectivity index (χ3n) is 3.20. The van der Waals surface area contributed by atoms with Crippen LogP contribution in [-0.4, -0.2) is 18.3 Å². The van der Waals surface area contributed by atoms with Crippen LogP contribution in [0.15, 0.2) is 29.4 Å². The molecule has 0 bridgehead atoms. The number of carbonyl (C=O) groups excluding carboxylic acids is 1. The lowest BCUT2D eigenvalue weighted by atomic mass is 9.88. The number of hydrogen-bond donors (Lipinski definition) is 2. The lowest BCUT2D eigenvalue weighted by Gasteiger charge is -2.25. The van der Waals surface area contributed by atoms with E-state index in [1.165, 1.54) is 0 Å². The molecule has 0 aliphatic rings. The van der Waals surface area contributed by atoms with E-state index in [9.17, 15) is 4.79 Å². The highest BCUT2D eigenvalue weighted by atomic mass is 16.1. The summed E-state index contributed by atoms with van der Waals surface area (Å²) in [5.74, 6) is -0.348. The second-order valence-corrected chi connectivity index (χ2v) is 6.05. The number of hydrogen-bond acceptors (Lipinski definition) is 4. The van der Waals surface area contributed by atoms with Crippen LogP contribution < -0.4 is 16.5 Å². The smallest absolute Gasteiger partial charge is 0.221 e. The van der Waals surface area contributed by atoms with Gasteiger partial charge in [-0.3, -0.25) is 9.80 Å². The fourth-order valence-corrected chi connectivity index (χ4v) is 2.13. The molecule has 116 valence electrons. The van der Waals surface area contributed by atoms with E-state index in [0.717, 1.165) is 23.4 Å². The molecule has 0 saturated heterocycles. The SMILES string of the molecule is CC/C(=N\N(CN)c1cccc(CC(N)=O)c1)C(C)(C)C. The molecule has 1 aromatic rings. The number of nitrogens with two attached hydrogens (primary N) is 2. The van der Waals surface area contributed by atoms with Crippen LogP contribution in [0, 0.1) is 5.41 Å².